The van der Waals surface area contributed by atoms with Gasteiger partial charge in [-0.15, -0.1) is 0 Å². The Hall–Kier alpha value is -4.71. The van der Waals surface area contributed by atoms with E-state index in [2.05, 4.69) is 20.5 Å². The number of H-pyrrole nitrogens is 1. The number of nitrogens with one attached hydrogen (secondary N) is 3. The molecule has 264 valence electrons. The molecule has 2 fully saturated rings. The summed E-state index contributed by atoms with van der Waals surface area (Å²) in [6, 6.07) is 23.8. The standard InChI is InChI=1S/C39H47N5O6/c45-34-12-10-31(32-11-13-36(47)42-38(32)34)35(46)26-40-20-14-27-15-24-44(25-16-27)37(48)19-23-43-21-17-29(18-22-43)50-39(49)41-33-9-5-4-8-30(33)28-6-2-1-3-7-28/h1-13,27,29,35,40,45-46H,14-26H2,(H,41,49)(H,42,47). The zero-order valence-corrected chi connectivity index (χ0v) is 28.4. The average Bonchev–Trinajstić information content (AvgIpc) is 3.14. The lowest BCUT2D eigenvalue weighted by atomic mass is 9.93. The Morgan fingerprint density at radius 3 is 2.42 bits per heavy atom. The van der Waals surface area contributed by atoms with Crippen LogP contribution in [0.2, 0.25) is 0 Å². The first-order valence-corrected chi connectivity index (χ1v) is 17.7. The number of fused-ring (bicyclic) bond motifs is 1. The zero-order chi connectivity index (χ0) is 34.9. The van der Waals surface area contributed by atoms with Gasteiger partial charge in [-0.3, -0.25) is 14.9 Å². The number of benzene rings is 3. The van der Waals surface area contributed by atoms with Crippen LogP contribution in [0.15, 0.2) is 83.7 Å². The van der Waals surface area contributed by atoms with Crippen LogP contribution in [0.25, 0.3) is 22.0 Å². The van der Waals surface area contributed by atoms with Crippen LogP contribution in [0.5, 0.6) is 5.75 Å². The van der Waals surface area contributed by atoms with Crippen LogP contribution >= 0.6 is 0 Å². The second-order valence-corrected chi connectivity index (χ2v) is 13.4. The van der Waals surface area contributed by atoms with Crippen LogP contribution in [0, 0.1) is 5.92 Å². The van der Waals surface area contributed by atoms with Crippen LogP contribution in [-0.2, 0) is 9.53 Å². The summed E-state index contributed by atoms with van der Waals surface area (Å²) in [7, 11) is 0. The molecule has 0 radical (unpaired) electrons. The first kappa shape index (κ1) is 35.1. The predicted molar refractivity (Wildman–Crippen MR) is 194 cm³/mol. The summed E-state index contributed by atoms with van der Waals surface area (Å²) in [4.78, 5) is 44.3. The monoisotopic (exact) mass is 681 g/mol. The van der Waals surface area contributed by atoms with Crippen LogP contribution in [-0.4, -0.2) is 88.9 Å². The molecule has 0 spiro atoms. The van der Waals surface area contributed by atoms with E-state index < -0.39 is 12.2 Å². The number of ether oxygens (including phenoxy) is 1. The Bertz CT molecular complexity index is 1800. The van der Waals surface area contributed by atoms with Crippen LogP contribution in [0.1, 0.15) is 50.2 Å². The minimum Gasteiger partial charge on any atom is -0.506 e. The van der Waals surface area contributed by atoms with Gasteiger partial charge in [0.05, 0.1) is 17.3 Å². The van der Waals surface area contributed by atoms with Gasteiger partial charge in [0, 0.05) is 62.7 Å². The predicted octanol–water partition coefficient (Wildman–Crippen LogP) is 5.26. The van der Waals surface area contributed by atoms with E-state index in [1.807, 2.05) is 59.5 Å². The van der Waals surface area contributed by atoms with Crippen molar-refractivity contribution in [2.45, 2.75) is 50.7 Å². The number of phenols is 1. The number of nitrogens with zero attached hydrogens (tertiary/aromatic N) is 2. The number of aliphatic hydroxyl groups excluding tert-OH is 1. The number of carbonyl (C=O) groups excluding carboxylic acids is 2. The summed E-state index contributed by atoms with van der Waals surface area (Å²) in [6.07, 6.45) is 3.49. The maximum atomic E-state index is 13.0. The lowest BCUT2D eigenvalue weighted by Crippen LogP contribution is -2.42. The van der Waals surface area contributed by atoms with E-state index in [0.29, 0.717) is 41.9 Å². The van der Waals surface area contributed by atoms with Gasteiger partial charge in [-0.05, 0) is 73.9 Å². The molecule has 2 aliphatic heterocycles. The Kier molecular flexibility index (Phi) is 11.8. The molecule has 2 aliphatic rings. The highest BCUT2D eigenvalue weighted by Gasteiger charge is 2.26. The topological polar surface area (TPSA) is 147 Å². The maximum absolute atomic E-state index is 13.0. The van der Waals surface area contributed by atoms with E-state index in [9.17, 15) is 24.6 Å². The molecule has 11 nitrogen and oxygen atoms in total. The number of likely N-dealkylation sites (tertiary alicyclic amines) is 2. The number of phenolic OH excluding ortho intramolecular Hbond substituents is 1. The number of carbonyl (C=O) groups is 2. The van der Waals surface area contributed by atoms with E-state index >= 15 is 0 Å². The normalized spacial score (nSPS) is 16.7. The highest BCUT2D eigenvalue weighted by molar-refractivity contribution is 5.91. The van der Waals surface area contributed by atoms with E-state index in [1.165, 1.54) is 12.1 Å². The number of para-hydroxylation sites is 1. The van der Waals surface area contributed by atoms with Crippen molar-refractivity contribution in [1.29, 1.82) is 0 Å². The fraction of sp³-hybridized carbons (Fsp3) is 0.410. The SMILES string of the molecule is O=C(Nc1ccccc1-c1ccccc1)OC1CCN(CCC(=O)N2CCC(CCNCC(O)c3ccc(O)c4[nH]c(=O)ccc34)CC2)CC1. The van der Waals surface area contributed by atoms with Gasteiger partial charge in [-0.1, -0.05) is 54.6 Å². The number of pyridine rings is 1. The highest BCUT2D eigenvalue weighted by atomic mass is 16.6. The molecule has 2 saturated heterocycles. The van der Waals surface area contributed by atoms with Gasteiger partial charge in [0.15, 0.2) is 0 Å². The number of aliphatic hydroxyl groups is 1. The van der Waals surface area contributed by atoms with Crippen molar-refractivity contribution >= 4 is 28.6 Å². The number of aromatic hydroxyl groups is 1. The quantitative estimate of drug-likeness (QED) is 0.127. The minimum atomic E-state index is -0.783. The molecular formula is C39H47N5O6. The molecule has 1 atom stereocenters. The number of amides is 2. The molecule has 2 amide bonds. The number of aromatic nitrogens is 1. The molecule has 0 aliphatic carbocycles. The summed E-state index contributed by atoms with van der Waals surface area (Å²) in [5, 5.41) is 27.8. The van der Waals surface area contributed by atoms with Crippen LogP contribution in [0.4, 0.5) is 10.5 Å². The van der Waals surface area contributed by atoms with E-state index in [4.69, 9.17) is 4.74 Å². The Morgan fingerprint density at radius 1 is 0.900 bits per heavy atom. The number of anilines is 1. The van der Waals surface area contributed by atoms with Crippen molar-refractivity contribution in [1.82, 2.24) is 20.1 Å². The molecule has 3 heterocycles. The van der Waals surface area contributed by atoms with E-state index in [-0.39, 0.29) is 23.3 Å². The molecule has 6 rings (SSSR count). The third-order valence-electron chi connectivity index (χ3n) is 10.00. The van der Waals surface area contributed by atoms with Crippen LogP contribution in [0.3, 0.4) is 0 Å². The summed E-state index contributed by atoms with van der Waals surface area (Å²) in [5.74, 6) is 0.690. The molecule has 4 aromatic rings. The van der Waals surface area contributed by atoms with Crippen molar-refractivity contribution in [3.05, 3.63) is 94.8 Å². The first-order valence-electron chi connectivity index (χ1n) is 17.7. The zero-order valence-electron chi connectivity index (χ0n) is 28.4. The molecule has 1 aromatic heterocycles. The number of piperidine rings is 2. The van der Waals surface area contributed by atoms with Gasteiger partial charge in [-0.2, -0.15) is 0 Å². The number of hydrogen-bond donors (Lipinski definition) is 5. The summed E-state index contributed by atoms with van der Waals surface area (Å²) < 4.78 is 5.77. The fourth-order valence-electron chi connectivity index (χ4n) is 7.09. The van der Waals surface area contributed by atoms with Crippen molar-refractivity contribution in [2.75, 3.05) is 51.1 Å². The largest absolute Gasteiger partial charge is 0.506 e. The fourth-order valence-corrected chi connectivity index (χ4v) is 7.09. The van der Waals surface area contributed by atoms with E-state index in [0.717, 1.165) is 81.6 Å². The number of aromatic amines is 1. The van der Waals surface area contributed by atoms with Gasteiger partial charge in [-0.25, -0.2) is 4.79 Å². The summed E-state index contributed by atoms with van der Waals surface area (Å²) in [5.41, 5.74) is 3.36. The van der Waals surface area contributed by atoms with Gasteiger partial charge < -0.3 is 35.1 Å². The lowest BCUT2D eigenvalue weighted by molar-refractivity contribution is -0.133. The van der Waals surface area contributed by atoms with Gasteiger partial charge >= 0.3 is 6.09 Å². The minimum absolute atomic E-state index is 0.0261. The first-order chi connectivity index (χ1) is 24.3. The van der Waals surface area contributed by atoms with Crippen molar-refractivity contribution in [2.24, 2.45) is 5.92 Å². The van der Waals surface area contributed by atoms with Crippen LogP contribution < -0.4 is 16.2 Å². The average molecular weight is 682 g/mol. The van der Waals surface area contributed by atoms with Crippen molar-refractivity contribution < 1.29 is 24.5 Å². The molecular weight excluding hydrogens is 634 g/mol. The second kappa shape index (κ2) is 16.8. The Labute approximate surface area is 292 Å². The molecule has 0 bridgehead atoms. The van der Waals surface area contributed by atoms with Crippen molar-refractivity contribution in [3.63, 3.8) is 0 Å². The van der Waals surface area contributed by atoms with E-state index in [1.54, 1.807) is 12.1 Å². The second-order valence-electron chi connectivity index (χ2n) is 13.4. The highest BCUT2D eigenvalue weighted by Crippen LogP contribution is 2.30. The smallest absolute Gasteiger partial charge is 0.411 e. The summed E-state index contributed by atoms with van der Waals surface area (Å²) in [6.45, 7) is 4.93. The number of hydrogen-bond acceptors (Lipinski definition) is 8. The summed E-state index contributed by atoms with van der Waals surface area (Å²) >= 11 is 0. The maximum Gasteiger partial charge on any atom is 0.411 e. The third kappa shape index (κ3) is 9.09. The molecule has 1 unspecified atom stereocenters. The Morgan fingerprint density at radius 2 is 1.64 bits per heavy atom. The number of rotatable bonds is 12. The van der Waals surface area contributed by atoms with Gasteiger partial charge in [0.1, 0.15) is 11.9 Å². The molecule has 5 N–H and O–H groups in total. The molecule has 11 heteroatoms. The van der Waals surface area contributed by atoms with Gasteiger partial charge in [0.25, 0.3) is 0 Å². The lowest BCUT2D eigenvalue weighted by Gasteiger charge is -2.34. The Balaban J connectivity index is 0.846. The molecule has 50 heavy (non-hydrogen) atoms. The molecule has 3 aromatic carbocycles. The molecule has 0 saturated carbocycles. The van der Waals surface area contributed by atoms with Gasteiger partial charge in [0.2, 0.25) is 11.5 Å². The van der Waals surface area contributed by atoms with Crippen molar-refractivity contribution in [3.8, 4) is 16.9 Å². The third-order valence-corrected chi connectivity index (χ3v) is 10.00.